The van der Waals surface area contributed by atoms with Gasteiger partial charge in [0.2, 0.25) is 0 Å². The van der Waals surface area contributed by atoms with E-state index in [9.17, 15) is 14.4 Å². The first kappa shape index (κ1) is 20.7. The second kappa shape index (κ2) is 8.57. The van der Waals surface area contributed by atoms with Gasteiger partial charge in [0.1, 0.15) is 11.4 Å². The molecule has 8 heteroatoms. The third-order valence-electron chi connectivity index (χ3n) is 4.68. The van der Waals surface area contributed by atoms with E-state index in [-0.39, 0.29) is 18.0 Å². The van der Waals surface area contributed by atoms with Gasteiger partial charge in [-0.25, -0.2) is 4.98 Å². The van der Waals surface area contributed by atoms with Crippen molar-refractivity contribution in [2.75, 3.05) is 11.9 Å². The number of nitrogens with one attached hydrogen (secondary N) is 1. The molecule has 0 fully saturated rings. The average Bonchev–Trinajstić information content (AvgIpc) is 2.97. The number of aromatic nitrogens is 2. The topological polar surface area (TPSA) is 90.3 Å². The number of anilines is 1. The quantitative estimate of drug-likeness (QED) is 0.626. The lowest BCUT2D eigenvalue weighted by Crippen LogP contribution is -2.28. The van der Waals surface area contributed by atoms with Crippen LogP contribution in [0.3, 0.4) is 0 Å². The van der Waals surface area contributed by atoms with Crippen molar-refractivity contribution in [2.24, 2.45) is 0 Å². The predicted octanol–water partition coefficient (Wildman–Crippen LogP) is 3.38. The molecule has 0 unspecified atom stereocenters. The molecule has 2 heterocycles. The minimum absolute atomic E-state index is 0.243. The average molecular weight is 413 g/mol. The lowest BCUT2D eigenvalue weighted by atomic mass is 10.0. The maximum Gasteiger partial charge on any atom is 0.326 e. The van der Waals surface area contributed by atoms with E-state index in [1.54, 1.807) is 6.07 Å². The van der Waals surface area contributed by atoms with Gasteiger partial charge >= 0.3 is 5.97 Å². The summed E-state index contributed by atoms with van der Waals surface area (Å²) in [7, 11) is 0. The first-order chi connectivity index (χ1) is 13.8. The number of hydrogen-bond acceptors (Lipinski definition) is 6. The number of amides is 1. The molecule has 29 heavy (non-hydrogen) atoms. The summed E-state index contributed by atoms with van der Waals surface area (Å²) >= 11 is 1.45. The molecule has 7 nitrogen and oxygen atoms in total. The molecule has 1 amide bonds. The number of fused-ring (bicyclic) bond motifs is 1. The Hall–Kier alpha value is -3.00. The second-order valence-electron chi connectivity index (χ2n) is 7.09. The molecular weight excluding hydrogens is 390 g/mol. The molecule has 3 rings (SSSR count). The summed E-state index contributed by atoms with van der Waals surface area (Å²) < 4.78 is 6.25. The zero-order valence-corrected chi connectivity index (χ0v) is 17.6. The molecule has 0 aliphatic rings. The fourth-order valence-electron chi connectivity index (χ4n) is 3.01. The number of nitrogens with zero attached hydrogens (tertiary/aromatic N) is 2. The van der Waals surface area contributed by atoms with E-state index >= 15 is 0 Å². The van der Waals surface area contributed by atoms with Gasteiger partial charge in [0.25, 0.3) is 11.5 Å². The third-order valence-corrected chi connectivity index (χ3v) is 5.79. The summed E-state index contributed by atoms with van der Waals surface area (Å²) in [5, 5.41) is 3.28. The van der Waals surface area contributed by atoms with Crippen molar-refractivity contribution in [1.29, 1.82) is 0 Å². The molecule has 0 aliphatic carbocycles. The number of hydrogen-bond donors (Lipinski definition) is 1. The van der Waals surface area contributed by atoms with Crippen LogP contribution < -0.4 is 10.9 Å². The van der Waals surface area contributed by atoms with E-state index in [0.717, 1.165) is 16.0 Å². The molecule has 0 bridgehead atoms. The van der Waals surface area contributed by atoms with Gasteiger partial charge in [-0.3, -0.25) is 19.0 Å². The summed E-state index contributed by atoms with van der Waals surface area (Å²) in [4.78, 5) is 42.8. The largest absolute Gasteiger partial charge is 0.454 e. The molecule has 2 aromatic heterocycles. The maximum atomic E-state index is 12.6. The Balaban J connectivity index is 1.63. The molecule has 0 radical (unpaired) electrons. The molecular formula is C21H23N3O4S. The van der Waals surface area contributed by atoms with Crippen LogP contribution in [0.25, 0.3) is 10.2 Å². The van der Waals surface area contributed by atoms with Crippen LogP contribution in [0.5, 0.6) is 0 Å². The Morgan fingerprint density at radius 3 is 2.69 bits per heavy atom. The highest BCUT2D eigenvalue weighted by atomic mass is 32.1. The summed E-state index contributed by atoms with van der Waals surface area (Å²) in [5.74, 6) is -0.866. The highest BCUT2D eigenvalue weighted by Gasteiger charge is 2.15. The molecule has 1 aromatic carbocycles. The number of para-hydroxylation sites is 1. The summed E-state index contributed by atoms with van der Waals surface area (Å²) in [6, 6.07) is 7.48. The van der Waals surface area contributed by atoms with Crippen molar-refractivity contribution in [3.63, 3.8) is 0 Å². The minimum atomic E-state index is -0.676. The number of carbonyl (C=O) groups is 2. The van der Waals surface area contributed by atoms with Gasteiger partial charge < -0.3 is 10.1 Å². The highest BCUT2D eigenvalue weighted by molar-refractivity contribution is 7.18. The van der Waals surface area contributed by atoms with Crippen LogP contribution in [0.15, 0.2) is 35.4 Å². The Morgan fingerprint density at radius 2 is 1.97 bits per heavy atom. The zero-order valence-electron chi connectivity index (χ0n) is 16.8. The monoisotopic (exact) mass is 413 g/mol. The van der Waals surface area contributed by atoms with E-state index in [1.165, 1.54) is 22.2 Å². The van der Waals surface area contributed by atoms with Crippen molar-refractivity contribution in [3.05, 3.63) is 57.0 Å². The molecule has 3 aromatic rings. The molecule has 0 aliphatic heterocycles. The Morgan fingerprint density at radius 1 is 1.24 bits per heavy atom. The van der Waals surface area contributed by atoms with Crippen molar-refractivity contribution in [3.8, 4) is 0 Å². The van der Waals surface area contributed by atoms with Crippen molar-refractivity contribution in [2.45, 2.75) is 40.2 Å². The van der Waals surface area contributed by atoms with E-state index in [1.807, 2.05) is 45.9 Å². The second-order valence-corrected chi connectivity index (χ2v) is 8.30. The predicted molar refractivity (Wildman–Crippen MR) is 113 cm³/mol. The van der Waals surface area contributed by atoms with E-state index in [0.29, 0.717) is 15.9 Å². The molecule has 0 saturated heterocycles. The number of esters is 1. The number of ether oxygens (including phenoxy) is 1. The van der Waals surface area contributed by atoms with Crippen molar-refractivity contribution in [1.82, 2.24) is 9.55 Å². The molecule has 0 atom stereocenters. The van der Waals surface area contributed by atoms with Crippen LogP contribution >= 0.6 is 11.3 Å². The van der Waals surface area contributed by atoms with E-state index in [4.69, 9.17) is 4.74 Å². The normalized spacial score (nSPS) is 11.1. The Labute approximate surface area is 172 Å². The number of rotatable bonds is 6. The smallest absolute Gasteiger partial charge is 0.326 e. The van der Waals surface area contributed by atoms with Gasteiger partial charge in [-0.1, -0.05) is 32.0 Å². The first-order valence-electron chi connectivity index (χ1n) is 9.27. The Kier molecular flexibility index (Phi) is 6.12. The SMILES string of the molecule is Cc1sc2ncn(CC(=O)OCC(=O)Nc3ccccc3C(C)C)c(=O)c2c1C. The maximum absolute atomic E-state index is 12.6. The number of carbonyl (C=O) groups excluding carboxylic acids is 2. The number of thiophene rings is 1. The van der Waals surface area contributed by atoms with Gasteiger partial charge in [0, 0.05) is 10.6 Å². The van der Waals surface area contributed by atoms with E-state index < -0.39 is 18.5 Å². The van der Waals surface area contributed by atoms with Crippen LogP contribution in [0.1, 0.15) is 35.8 Å². The van der Waals surface area contributed by atoms with Crippen molar-refractivity contribution < 1.29 is 14.3 Å². The molecule has 0 saturated carbocycles. The fraction of sp³-hybridized carbons (Fsp3) is 0.333. The van der Waals surface area contributed by atoms with Crippen LogP contribution in [-0.2, 0) is 20.9 Å². The van der Waals surface area contributed by atoms with Crippen LogP contribution in [0, 0.1) is 13.8 Å². The molecule has 0 spiro atoms. The summed E-state index contributed by atoms with van der Waals surface area (Å²) in [5.41, 5.74) is 2.27. The van der Waals surface area contributed by atoms with Gasteiger partial charge in [0.15, 0.2) is 6.61 Å². The van der Waals surface area contributed by atoms with Crippen LogP contribution in [0.2, 0.25) is 0 Å². The van der Waals surface area contributed by atoms with Gasteiger partial charge in [0.05, 0.1) is 11.7 Å². The fourth-order valence-corrected chi connectivity index (χ4v) is 4.00. The van der Waals surface area contributed by atoms with E-state index in [2.05, 4.69) is 10.3 Å². The first-order valence-corrected chi connectivity index (χ1v) is 10.1. The highest BCUT2D eigenvalue weighted by Crippen LogP contribution is 2.25. The number of benzene rings is 1. The third kappa shape index (κ3) is 4.54. The molecule has 1 N–H and O–H groups in total. The lowest BCUT2D eigenvalue weighted by Gasteiger charge is -2.13. The Bertz CT molecular complexity index is 1130. The van der Waals surface area contributed by atoms with Crippen LogP contribution in [-0.4, -0.2) is 28.0 Å². The zero-order chi connectivity index (χ0) is 21.1. The standard InChI is InChI=1S/C21H23N3O4S/c1-12(2)15-7-5-6-8-16(15)23-17(25)10-28-18(26)9-24-11-22-20-19(21(24)27)13(3)14(4)29-20/h5-8,11-12H,9-10H2,1-4H3,(H,23,25). The van der Waals surface area contributed by atoms with Gasteiger partial charge in [-0.05, 0) is 37.0 Å². The minimum Gasteiger partial charge on any atom is -0.454 e. The lowest BCUT2D eigenvalue weighted by molar-refractivity contribution is -0.147. The van der Waals surface area contributed by atoms with Crippen LogP contribution in [0.4, 0.5) is 5.69 Å². The molecule has 152 valence electrons. The summed E-state index contributed by atoms with van der Waals surface area (Å²) in [6.07, 6.45) is 1.33. The van der Waals surface area contributed by atoms with Gasteiger partial charge in [-0.15, -0.1) is 11.3 Å². The van der Waals surface area contributed by atoms with Gasteiger partial charge in [-0.2, -0.15) is 0 Å². The summed E-state index contributed by atoms with van der Waals surface area (Å²) in [6.45, 7) is 7.13. The number of aryl methyl sites for hydroxylation is 2. The van der Waals surface area contributed by atoms with Crippen molar-refractivity contribution >= 4 is 39.1 Å².